The molecule has 0 saturated carbocycles. The van der Waals surface area contributed by atoms with Crippen molar-refractivity contribution in [2.45, 2.75) is 0 Å². The first-order chi connectivity index (χ1) is 3.39. The molecule has 0 aliphatic carbocycles. The third-order valence-electron chi connectivity index (χ3n) is 0.843. The van der Waals surface area contributed by atoms with Crippen molar-refractivity contribution in [2.75, 3.05) is 0 Å². The second-order valence-corrected chi connectivity index (χ2v) is 1.49. The fourth-order valence-electron chi connectivity index (χ4n) is 0.478. The smallest absolute Gasteiger partial charge is 0.358 e. The summed E-state index contributed by atoms with van der Waals surface area (Å²) in [6.07, 6.45) is 0. The van der Waals surface area contributed by atoms with E-state index >= 15 is 0 Å². The second kappa shape index (κ2) is 8.58. The van der Waals surface area contributed by atoms with Crippen LogP contribution in [-0.2, 0) is 16.5 Å². The molecule has 0 aliphatic rings. The normalized spacial score (nSPS) is 6.00. The molecular formula is C9H13Ni. The minimum absolute atomic E-state index is 0. The number of hydrogen-bond acceptors (Lipinski definition) is 0. The summed E-state index contributed by atoms with van der Waals surface area (Å²) in [6, 6.07) is 9.87. The Hall–Kier alpha value is -0.416. The minimum Gasteiger partial charge on any atom is -0.358 e. The molecule has 1 radical (unpaired) electrons. The molecule has 0 aromatic heterocycles. The first-order valence-corrected chi connectivity index (χ1v) is 2.26. The first-order valence-electron chi connectivity index (χ1n) is 2.26. The summed E-state index contributed by atoms with van der Waals surface area (Å²) in [5.74, 6) is 0. The minimum atomic E-state index is 0. The average Bonchev–Trinajstić information content (AvgIpc) is 1.69. The van der Waals surface area contributed by atoms with Crippen LogP contribution in [0, 0.1) is 21.8 Å². The van der Waals surface area contributed by atoms with Gasteiger partial charge in [0.1, 0.15) is 0 Å². The van der Waals surface area contributed by atoms with Crippen LogP contribution in [0.5, 0.6) is 0 Å². The number of rotatable bonds is 0. The van der Waals surface area contributed by atoms with E-state index in [1.165, 1.54) is 0 Å². The summed E-state index contributed by atoms with van der Waals surface area (Å²) in [7, 11) is 0. The van der Waals surface area contributed by atoms with Crippen molar-refractivity contribution in [3.05, 3.63) is 57.7 Å². The summed E-state index contributed by atoms with van der Waals surface area (Å²) in [4.78, 5) is 0. The molecule has 1 aromatic carbocycles. The molecule has 10 heavy (non-hydrogen) atoms. The van der Waals surface area contributed by atoms with E-state index in [0.29, 0.717) is 0 Å². The number of hydrogen-bond donors (Lipinski definition) is 0. The van der Waals surface area contributed by atoms with Crippen LogP contribution < -0.4 is 0 Å². The van der Waals surface area contributed by atoms with Crippen LogP contribution >= 0.6 is 0 Å². The third kappa shape index (κ3) is 5.72. The molecule has 0 heterocycles. The van der Waals surface area contributed by atoms with Gasteiger partial charge < -0.3 is 14.9 Å². The van der Waals surface area contributed by atoms with Gasteiger partial charge in [-0.05, 0) is 0 Å². The van der Waals surface area contributed by atoms with Crippen LogP contribution in [-0.4, -0.2) is 0 Å². The van der Waals surface area contributed by atoms with Crippen molar-refractivity contribution in [1.29, 1.82) is 0 Å². The van der Waals surface area contributed by atoms with Gasteiger partial charge in [0.25, 0.3) is 0 Å². The summed E-state index contributed by atoms with van der Waals surface area (Å²) < 4.78 is 0. The van der Waals surface area contributed by atoms with Gasteiger partial charge in [0.05, 0.1) is 0 Å². The molecular weight excluding hydrogens is 167 g/mol. The maximum Gasteiger partial charge on any atom is 3.00 e. The van der Waals surface area contributed by atoms with Crippen molar-refractivity contribution >= 4 is 0 Å². The van der Waals surface area contributed by atoms with E-state index in [1.54, 1.807) is 0 Å². The third-order valence-corrected chi connectivity index (χ3v) is 0.843. The fourth-order valence-corrected chi connectivity index (χ4v) is 0.478. The topological polar surface area (TPSA) is 0 Å². The fraction of sp³-hybridized carbons (Fsp3) is 0. The van der Waals surface area contributed by atoms with E-state index in [-0.39, 0.29) is 31.3 Å². The van der Waals surface area contributed by atoms with E-state index in [2.05, 4.69) is 6.92 Å². The van der Waals surface area contributed by atoms with Gasteiger partial charge in [-0.3, -0.25) is 0 Å². The van der Waals surface area contributed by atoms with Gasteiger partial charge in [-0.1, -0.05) is 6.07 Å². The zero-order valence-electron chi connectivity index (χ0n) is 6.41. The Balaban J connectivity index is -0.000000163. The second-order valence-electron chi connectivity index (χ2n) is 1.49. The Morgan fingerprint density at radius 2 is 1.30 bits per heavy atom. The predicted molar refractivity (Wildman–Crippen MR) is 43.7 cm³/mol. The van der Waals surface area contributed by atoms with E-state index in [4.69, 9.17) is 0 Å². The van der Waals surface area contributed by atoms with Gasteiger partial charge in [0, 0.05) is 0 Å². The van der Waals surface area contributed by atoms with Crippen molar-refractivity contribution in [3.8, 4) is 0 Å². The zero-order chi connectivity index (χ0) is 5.11. The van der Waals surface area contributed by atoms with E-state index in [1.807, 2.05) is 30.3 Å². The van der Waals surface area contributed by atoms with Crippen molar-refractivity contribution < 1.29 is 16.5 Å². The Bertz CT molecular complexity index is 135. The molecule has 0 unspecified atom stereocenters. The SMILES string of the molecule is [CH2-]c1ccccc1.[CH3-].[CH3-].[Ni+3]. The number of benzene rings is 1. The Morgan fingerprint density at radius 3 is 1.50 bits per heavy atom. The van der Waals surface area contributed by atoms with Crippen LogP contribution in [0.2, 0.25) is 0 Å². The molecule has 1 aromatic rings. The van der Waals surface area contributed by atoms with Gasteiger partial charge >= 0.3 is 16.5 Å². The molecule has 0 spiro atoms. The molecule has 0 saturated heterocycles. The standard InChI is InChI=1S/C7H7.2CH3.Ni/c1-7-5-3-2-4-6-7;;;/h2-6H,1H2;2*1H3;/q3*-1;+3. The van der Waals surface area contributed by atoms with Crippen LogP contribution in [0.1, 0.15) is 5.56 Å². The van der Waals surface area contributed by atoms with Crippen molar-refractivity contribution in [1.82, 2.24) is 0 Å². The molecule has 0 aliphatic heterocycles. The molecule has 0 nitrogen and oxygen atoms in total. The van der Waals surface area contributed by atoms with Crippen LogP contribution in [0.25, 0.3) is 0 Å². The van der Waals surface area contributed by atoms with Crippen LogP contribution in [0.4, 0.5) is 0 Å². The molecule has 0 fully saturated rings. The van der Waals surface area contributed by atoms with Gasteiger partial charge in [-0.15, -0.1) is 12.1 Å². The summed E-state index contributed by atoms with van der Waals surface area (Å²) in [5, 5.41) is 0. The van der Waals surface area contributed by atoms with Gasteiger partial charge in [-0.25, -0.2) is 0 Å². The molecule has 1 rings (SSSR count). The molecule has 0 atom stereocenters. The molecule has 0 bridgehead atoms. The van der Waals surface area contributed by atoms with E-state index in [0.717, 1.165) is 5.56 Å². The maximum absolute atomic E-state index is 3.72. The summed E-state index contributed by atoms with van der Waals surface area (Å²) in [6.45, 7) is 3.72. The first kappa shape index (κ1) is 16.3. The zero-order valence-corrected chi connectivity index (χ0v) is 7.40. The molecule has 0 N–H and O–H groups in total. The van der Waals surface area contributed by atoms with E-state index < -0.39 is 0 Å². The molecule has 59 valence electrons. The van der Waals surface area contributed by atoms with Gasteiger partial charge in [-0.2, -0.15) is 24.6 Å². The molecule has 1 heteroatoms. The Morgan fingerprint density at radius 1 is 0.900 bits per heavy atom. The largest absolute Gasteiger partial charge is 3.00 e. The summed E-state index contributed by atoms with van der Waals surface area (Å²) in [5.41, 5.74) is 1.07. The van der Waals surface area contributed by atoms with Crippen LogP contribution in [0.3, 0.4) is 0 Å². The Kier molecular flexibility index (Phi) is 14.0. The molecule has 0 amide bonds. The maximum atomic E-state index is 3.72. The Labute approximate surface area is 74.6 Å². The summed E-state index contributed by atoms with van der Waals surface area (Å²) >= 11 is 0. The predicted octanol–water partition coefficient (Wildman–Crippen LogP) is 2.77. The van der Waals surface area contributed by atoms with Gasteiger partial charge in [0.15, 0.2) is 0 Å². The van der Waals surface area contributed by atoms with Crippen LogP contribution in [0.15, 0.2) is 30.3 Å². The van der Waals surface area contributed by atoms with Crippen molar-refractivity contribution in [3.63, 3.8) is 0 Å². The quantitative estimate of drug-likeness (QED) is 0.425. The van der Waals surface area contributed by atoms with Crippen molar-refractivity contribution in [2.24, 2.45) is 0 Å². The van der Waals surface area contributed by atoms with Gasteiger partial charge in [0.2, 0.25) is 0 Å². The van der Waals surface area contributed by atoms with E-state index in [9.17, 15) is 0 Å². The average molecular weight is 180 g/mol. The monoisotopic (exact) mass is 179 g/mol.